The molecule has 2 aromatic carbocycles. The average Bonchev–Trinajstić information content (AvgIpc) is 2.97. The van der Waals surface area contributed by atoms with Crippen LogP contribution in [-0.2, 0) is 9.53 Å². The number of esters is 1. The lowest BCUT2D eigenvalue weighted by molar-refractivity contribution is -0.385. The normalized spacial score (nSPS) is 15.0. The lowest BCUT2D eigenvalue weighted by Gasteiger charge is -2.02. The third kappa shape index (κ3) is 3.70. The molecule has 1 aliphatic heterocycles. The van der Waals surface area contributed by atoms with Gasteiger partial charge < -0.3 is 9.47 Å². The largest absolute Gasteiger partial charge is 0.490 e. The number of methoxy groups -OCH3 is 1. The number of ether oxygens (including phenoxy) is 2. The number of rotatable bonds is 4. The van der Waals surface area contributed by atoms with Crippen LogP contribution < -0.4 is 4.74 Å². The Hall–Kier alpha value is -2.46. The molecule has 0 spiro atoms. The predicted octanol–water partition coefficient (Wildman–Crippen LogP) is 4.21. The summed E-state index contributed by atoms with van der Waals surface area (Å²) < 4.78 is 11.0. The molecule has 7 nitrogen and oxygen atoms in total. The number of nitrogens with zero attached hydrogens (tertiary/aromatic N) is 2. The van der Waals surface area contributed by atoms with Gasteiger partial charge in [0, 0.05) is 9.64 Å². The molecule has 0 unspecified atom stereocenters. The Morgan fingerprint density at radius 3 is 2.77 bits per heavy atom. The number of hydrogen-bond donors (Lipinski definition) is 0. The van der Waals surface area contributed by atoms with Gasteiger partial charge in [-0.25, -0.2) is 9.79 Å². The average molecular weight is 485 g/mol. The monoisotopic (exact) mass is 484 g/mol. The number of halogens is 2. The van der Waals surface area contributed by atoms with E-state index in [9.17, 15) is 14.9 Å². The molecule has 9 heteroatoms. The van der Waals surface area contributed by atoms with E-state index in [0.717, 1.165) is 3.57 Å². The molecular weight excluding hydrogens is 475 g/mol. The van der Waals surface area contributed by atoms with Crippen molar-refractivity contribution >= 4 is 57.8 Å². The number of aliphatic imine (C=N–C) groups is 1. The molecule has 0 aliphatic carbocycles. The first-order chi connectivity index (χ1) is 12.4. The van der Waals surface area contributed by atoms with Gasteiger partial charge in [0.05, 0.1) is 22.6 Å². The molecule has 0 saturated carbocycles. The van der Waals surface area contributed by atoms with E-state index in [1.54, 1.807) is 18.2 Å². The van der Waals surface area contributed by atoms with E-state index in [2.05, 4.69) is 27.6 Å². The summed E-state index contributed by atoms with van der Waals surface area (Å²) in [5.41, 5.74) is 0.728. The van der Waals surface area contributed by atoms with Crippen LogP contribution in [0, 0.1) is 13.7 Å². The molecule has 1 heterocycles. The Bertz CT molecular complexity index is 987. The van der Waals surface area contributed by atoms with Crippen LogP contribution in [0.4, 0.5) is 5.69 Å². The minimum atomic E-state index is -0.659. The van der Waals surface area contributed by atoms with Crippen LogP contribution in [0.3, 0.4) is 0 Å². The zero-order valence-corrected chi connectivity index (χ0v) is 16.1. The highest BCUT2D eigenvalue weighted by Gasteiger charge is 2.26. The minimum absolute atomic E-state index is 0.0226. The Balaban J connectivity index is 2.00. The number of cyclic esters (lactones) is 1. The number of nitro benzene ring substituents is 1. The smallest absolute Gasteiger partial charge is 0.363 e. The molecule has 2 aromatic rings. The number of hydrogen-bond acceptors (Lipinski definition) is 6. The van der Waals surface area contributed by atoms with Crippen LogP contribution in [0.2, 0.25) is 5.02 Å². The van der Waals surface area contributed by atoms with Gasteiger partial charge in [0.25, 0.3) is 0 Å². The van der Waals surface area contributed by atoms with E-state index < -0.39 is 10.9 Å². The van der Waals surface area contributed by atoms with E-state index in [1.165, 1.54) is 25.3 Å². The van der Waals surface area contributed by atoms with Gasteiger partial charge in [-0.05, 0) is 58.5 Å². The molecule has 26 heavy (non-hydrogen) atoms. The van der Waals surface area contributed by atoms with Gasteiger partial charge in [-0.2, -0.15) is 0 Å². The molecule has 0 aromatic heterocycles. The highest BCUT2D eigenvalue weighted by molar-refractivity contribution is 14.1. The van der Waals surface area contributed by atoms with E-state index in [1.807, 2.05) is 6.07 Å². The molecule has 0 atom stereocenters. The molecular formula is C17H10ClIN2O5. The second-order valence-corrected chi connectivity index (χ2v) is 6.80. The molecule has 0 radical (unpaired) electrons. The van der Waals surface area contributed by atoms with Gasteiger partial charge >= 0.3 is 11.7 Å². The summed E-state index contributed by atoms with van der Waals surface area (Å²) >= 11 is 8.25. The van der Waals surface area contributed by atoms with Crippen molar-refractivity contribution in [1.82, 2.24) is 0 Å². The first-order valence-corrected chi connectivity index (χ1v) is 8.65. The third-order valence-corrected chi connectivity index (χ3v) is 4.48. The fourth-order valence-electron chi connectivity index (χ4n) is 2.28. The third-order valence-electron chi connectivity index (χ3n) is 3.48. The maximum absolute atomic E-state index is 12.1. The number of carbonyl (C=O) groups excluding carboxylic acids is 1. The van der Waals surface area contributed by atoms with Gasteiger partial charge in [-0.15, -0.1) is 0 Å². The highest BCUT2D eigenvalue weighted by atomic mass is 127. The van der Waals surface area contributed by atoms with Crippen molar-refractivity contribution in [3.05, 3.63) is 71.9 Å². The van der Waals surface area contributed by atoms with Crippen molar-refractivity contribution in [2.45, 2.75) is 0 Å². The first-order valence-electron chi connectivity index (χ1n) is 7.19. The SMILES string of the molecule is COc1ccc(C=C2N=C(c3cc(I)ccc3Cl)OC2=O)cc1[N+](=O)[O-]. The van der Waals surface area contributed by atoms with Crippen LogP contribution >= 0.6 is 34.2 Å². The molecule has 0 fully saturated rings. The summed E-state index contributed by atoms with van der Waals surface area (Å²) in [6, 6.07) is 9.58. The fraction of sp³-hybridized carbons (Fsp3) is 0.0588. The van der Waals surface area contributed by atoms with Crippen molar-refractivity contribution in [3.8, 4) is 5.75 Å². The topological polar surface area (TPSA) is 91.0 Å². The minimum Gasteiger partial charge on any atom is -0.490 e. The Morgan fingerprint density at radius 2 is 2.08 bits per heavy atom. The first kappa shape index (κ1) is 18.3. The maximum Gasteiger partial charge on any atom is 0.363 e. The Kier molecular flexibility index (Phi) is 5.23. The standard InChI is InChI=1S/C17H10ClIN2O5/c1-25-15-5-2-9(7-14(15)21(23)24)6-13-17(22)26-16(20-13)11-8-10(19)3-4-12(11)18/h2-8H,1H3. The van der Waals surface area contributed by atoms with Gasteiger partial charge in [0.1, 0.15) is 0 Å². The zero-order chi connectivity index (χ0) is 18.8. The number of carbonyl (C=O) groups is 1. The summed E-state index contributed by atoms with van der Waals surface area (Å²) in [5, 5.41) is 11.5. The van der Waals surface area contributed by atoms with Crippen molar-refractivity contribution in [2.75, 3.05) is 7.11 Å². The molecule has 0 bridgehead atoms. The van der Waals surface area contributed by atoms with E-state index >= 15 is 0 Å². The molecule has 0 amide bonds. The van der Waals surface area contributed by atoms with Crippen molar-refractivity contribution in [1.29, 1.82) is 0 Å². The maximum atomic E-state index is 12.1. The molecule has 1 aliphatic rings. The summed E-state index contributed by atoms with van der Waals surface area (Å²) in [7, 11) is 1.34. The van der Waals surface area contributed by atoms with Gasteiger partial charge in [0.2, 0.25) is 5.90 Å². The lowest BCUT2D eigenvalue weighted by atomic mass is 10.1. The van der Waals surface area contributed by atoms with Crippen LogP contribution in [0.5, 0.6) is 5.75 Å². The van der Waals surface area contributed by atoms with Crippen molar-refractivity contribution in [3.63, 3.8) is 0 Å². The van der Waals surface area contributed by atoms with Gasteiger partial charge in [0.15, 0.2) is 11.4 Å². The Morgan fingerprint density at radius 1 is 1.31 bits per heavy atom. The van der Waals surface area contributed by atoms with Gasteiger partial charge in [-0.3, -0.25) is 10.1 Å². The second kappa shape index (κ2) is 7.42. The van der Waals surface area contributed by atoms with Gasteiger partial charge in [-0.1, -0.05) is 17.7 Å². The molecule has 0 N–H and O–H groups in total. The van der Waals surface area contributed by atoms with E-state index in [0.29, 0.717) is 16.1 Å². The van der Waals surface area contributed by atoms with E-state index in [-0.39, 0.29) is 23.0 Å². The molecule has 3 rings (SSSR count). The summed E-state index contributed by atoms with van der Waals surface area (Å²) in [4.78, 5) is 26.8. The second-order valence-electron chi connectivity index (χ2n) is 5.15. The van der Waals surface area contributed by atoms with E-state index in [4.69, 9.17) is 21.1 Å². The zero-order valence-electron chi connectivity index (χ0n) is 13.2. The summed E-state index contributed by atoms with van der Waals surface area (Å²) in [6.07, 6.45) is 1.41. The van der Waals surface area contributed by atoms with Crippen molar-refractivity contribution < 1.29 is 19.2 Å². The highest BCUT2D eigenvalue weighted by Crippen LogP contribution is 2.30. The number of nitro groups is 1. The lowest BCUT2D eigenvalue weighted by Crippen LogP contribution is -2.06. The predicted molar refractivity (Wildman–Crippen MR) is 104 cm³/mol. The quantitative estimate of drug-likeness (QED) is 0.213. The van der Waals surface area contributed by atoms with Crippen LogP contribution in [0.15, 0.2) is 47.1 Å². The summed E-state index contributed by atoms with van der Waals surface area (Å²) in [6.45, 7) is 0. The Labute approximate surface area is 166 Å². The van der Waals surface area contributed by atoms with Crippen LogP contribution in [0.1, 0.15) is 11.1 Å². The summed E-state index contributed by atoms with van der Waals surface area (Å²) in [5.74, 6) is -0.442. The van der Waals surface area contributed by atoms with Crippen molar-refractivity contribution in [2.24, 2.45) is 4.99 Å². The molecule has 0 saturated heterocycles. The van der Waals surface area contributed by atoms with Crippen LogP contribution in [-0.4, -0.2) is 23.9 Å². The molecule has 132 valence electrons. The fourth-order valence-corrected chi connectivity index (χ4v) is 2.97. The van der Waals surface area contributed by atoms with Crippen LogP contribution in [0.25, 0.3) is 6.08 Å². The number of benzene rings is 2.